The lowest BCUT2D eigenvalue weighted by atomic mass is 10.2. The van der Waals surface area contributed by atoms with Crippen molar-refractivity contribution in [3.05, 3.63) is 60.4 Å². The number of aromatic nitrogens is 4. The zero-order valence-corrected chi connectivity index (χ0v) is 18.5. The Morgan fingerprint density at radius 3 is 2.45 bits per heavy atom. The molecule has 2 aromatic heterocycles. The third-order valence-corrected chi connectivity index (χ3v) is 5.54. The van der Waals surface area contributed by atoms with Crippen LogP contribution in [0.15, 0.2) is 54.7 Å². The van der Waals surface area contributed by atoms with E-state index in [1.807, 2.05) is 48.8 Å². The Morgan fingerprint density at radius 2 is 1.74 bits per heavy atom. The second kappa shape index (κ2) is 7.88. The highest BCUT2D eigenvalue weighted by Crippen LogP contribution is 2.27. The first-order chi connectivity index (χ1) is 14.7. The first-order valence-corrected chi connectivity index (χ1v) is 11.4. The van der Waals surface area contributed by atoms with E-state index < -0.39 is 10.0 Å². The summed E-state index contributed by atoms with van der Waals surface area (Å²) in [5, 5.41) is 8.82. The summed E-state index contributed by atoms with van der Waals surface area (Å²) in [6.45, 7) is 2.05. The van der Waals surface area contributed by atoms with Crippen LogP contribution in [0.5, 0.6) is 0 Å². The van der Waals surface area contributed by atoms with Crippen molar-refractivity contribution in [2.24, 2.45) is 7.05 Å². The van der Waals surface area contributed by atoms with Gasteiger partial charge in [-0.1, -0.05) is 0 Å². The molecule has 0 saturated carbocycles. The fraction of sp³-hybridized carbons (Fsp3) is 0.190. The molecule has 0 aliphatic carbocycles. The van der Waals surface area contributed by atoms with Crippen LogP contribution in [0.3, 0.4) is 0 Å². The maximum atomic E-state index is 11.3. The molecule has 0 radical (unpaired) electrons. The highest BCUT2D eigenvalue weighted by molar-refractivity contribution is 7.92. The Bertz CT molecular complexity index is 1350. The SMILES string of the molecule is Cc1c2ccc(N(C)c3ccnc(Nc4ccc(NS(C)(=O)=O)cc4)n3)cc2nn1C. The second-order valence-electron chi connectivity index (χ2n) is 7.28. The van der Waals surface area contributed by atoms with Gasteiger partial charge in [0.1, 0.15) is 5.82 Å². The van der Waals surface area contributed by atoms with E-state index in [1.165, 1.54) is 0 Å². The summed E-state index contributed by atoms with van der Waals surface area (Å²) in [6.07, 6.45) is 2.80. The van der Waals surface area contributed by atoms with Gasteiger partial charge >= 0.3 is 0 Å². The summed E-state index contributed by atoms with van der Waals surface area (Å²) in [5.41, 5.74) is 4.24. The van der Waals surface area contributed by atoms with Gasteiger partial charge in [0.05, 0.1) is 11.8 Å². The Balaban J connectivity index is 1.54. The van der Waals surface area contributed by atoms with Gasteiger partial charge < -0.3 is 10.2 Å². The summed E-state index contributed by atoms with van der Waals surface area (Å²) in [4.78, 5) is 10.8. The van der Waals surface area contributed by atoms with Crippen molar-refractivity contribution in [3.63, 3.8) is 0 Å². The average Bonchev–Trinajstić information content (AvgIpc) is 3.01. The van der Waals surface area contributed by atoms with E-state index in [0.717, 1.165) is 40.0 Å². The van der Waals surface area contributed by atoms with Gasteiger partial charge in [0, 0.05) is 48.4 Å². The maximum absolute atomic E-state index is 11.3. The predicted molar refractivity (Wildman–Crippen MR) is 124 cm³/mol. The van der Waals surface area contributed by atoms with Crippen molar-refractivity contribution in [2.75, 3.05) is 28.2 Å². The average molecular weight is 438 g/mol. The molecule has 0 saturated heterocycles. The molecule has 160 valence electrons. The summed E-state index contributed by atoms with van der Waals surface area (Å²) in [6, 6.07) is 14.8. The molecule has 2 heterocycles. The number of nitrogens with zero attached hydrogens (tertiary/aromatic N) is 5. The number of aryl methyl sites for hydroxylation is 2. The fourth-order valence-corrected chi connectivity index (χ4v) is 3.79. The van der Waals surface area contributed by atoms with Crippen LogP contribution in [0, 0.1) is 6.92 Å². The molecule has 10 heteroatoms. The van der Waals surface area contributed by atoms with Gasteiger partial charge in [-0.2, -0.15) is 10.1 Å². The van der Waals surface area contributed by atoms with Crippen molar-refractivity contribution in [1.82, 2.24) is 19.7 Å². The Morgan fingerprint density at radius 1 is 1.03 bits per heavy atom. The van der Waals surface area contributed by atoms with Crippen LogP contribution in [-0.2, 0) is 17.1 Å². The van der Waals surface area contributed by atoms with E-state index in [1.54, 1.807) is 30.5 Å². The molecule has 0 aliphatic rings. The molecular formula is C21H23N7O2S. The van der Waals surface area contributed by atoms with E-state index in [2.05, 4.69) is 31.2 Å². The van der Waals surface area contributed by atoms with Crippen LogP contribution in [0.25, 0.3) is 10.9 Å². The van der Waals surface area contributed by atoms with Crippen molar-refractivity contribution >= 4 is 49.8 Å². The van der Waals surface area contributed by atoms with Crippen LogP contribution < -0.4 is 14.9 Å². The predicted octanol–water partition coefficient (Wildman–Crippen LogP) is 3.55. The number of fused-ring (bicyclic) bond motifs is 1. The second-order valence-corrected chi connectivity index (χ2v) is 9.03. The summed E-state index contributed by atoms with van der Waals surface area (Å²) in [7, 11) is 0.563. The highest BCUT2D eigenvalue weighted by Gasteiger charge is 2.11. The van der Waals surface area contributed by atoms with E-state index >= 15 is 0 Å². The van der Waals surface area contributed by atoms with Crippen molar-refractivity contribution in [3.8, 4) is 0 Å². The molecule has 4 aromatic rings. The number of sulfonamides is 1. The van der Waals surface area contributed by atoms with Gasteiger partial charge in [0.15, 0.2) is 0 Å². The molecule has 2 aromatic carbocycles. The number of rotatable bonds is 6. The Kier molecular flexibility index (Phi) is 5.24. The first-order valence-electron chi connectivity index (χ1n) is 9.54. The molecule has 0 unspecified atom stereocenters. The monoisotopic (exact) mass is 437 g/mol. The lowest BCUT2D eigenvalue weighted by Gasteiger charge is -2.19. The number of nitrogens with one attached hydrogen (secondary N) is 2. The normalized spacial score (nSPS) is 11.5. The van der Waals surface area contributed by atoms with Gasteiger partial charge in [-0.15, -0.1) is 0 Å². The topological polar surface area (TPSA) is 105 Å². The molecule has 0 atom stereocenters. The summed E-state index contributed by atoms with van der Waals surface area (Å²) >= 11 is 0. The lowest BCUT2D eigenvalue weighted by Crippen LogP contribution is -2.12. The van der Waals surface area contributed by atoms with Crippen molar-refractivity contribution in [1.29, 1.82) is 0 Å². The van der Waals surface area contributed by atoms with Crippen molar-refractivity contribution in [2.45, 2.75) is 6.92 Å². The van der Waals surface area contributed by atoms with Gasteiger partial charge in [0.25, 0.3) is 0 Å². The molecule has 0 spiro atoms. The number of benzene rings is 2. The molecule has 31 heavy (non-hydrogen) atoms. The molecule has 0 fully saturated rings. The van der Waals surface area contributed by atoms with E-state index in [9.17, 15) is 8.42 Å². The molecule has 2 N–H and O–H groups in total. The van der Waals surface area contributed by atoms with Gasteiger partial charge in [-0.25, -0.2) is 13.4 Å². The first kappa shape index (κ1) is 20.6. The summed E-state index contributed by atoms with van der Waals surface area (Å²) < 4.78 is 27.0. The molecular weight excluding hydrogens is 414 g/mol. The van der Waals surface area contributed by atoms with Gasteiger partial charge in [-0.3, -0.25) is 9.40 Å². The molecule has 9 nitrogen and oxygen atoms in total. The third kappa shape index (κ3) is 4.58. The minimum atomic E-state index is -3.31. The minimum absolute atomic E-state index is 0.433. The molecule has 4 rings (SSSR count). The van der Waals surface area contributed by atoms with Crippen LogP contribution in [0.1, 0.15) is 5.69 Å². The zero-order valence-electron chi connectivity index (χ0n) is 17.7. The smallest absolute Gasteiger partial charge is 0.229 e. The van der Waals surface area contributed by atoms with Crippen molar-refractivity contribution < 1.29 is 8.42 Å². The highest BCUT2D eigenvalue weighted by atomic mass is 32.2. The van der Waals surface area contributed by atoms with E-state index in [4.69, 9.17) is 0 Å². The number of hydrogen-bond acceptors (Lipinski definition) is 7. The molecule has 0 amide bonds. The number of anilines is 5. The quantitative estimate of drug-likeness (QED) is 0.475. The van der Waals surface area contributed by atoms with Crippen LogP contribution in [-0.4, -0.2) is 41.5 Å². The fourth-order valence-electron chi connectivity index (χ4n) is 3.22. The third-order valence-electron chi connectivity index (χ3n) is 4.93. The Labute approximate surface area is 180 Å². The lowest BCUT2D eigenvalue weighted by molar-refractivity contribution is 0.607. The van der Waals surface area contributed by atoms with Crippen LogP contribution in [0.4, 0.5) is 28.8 Å². The van der Waals surface area contributed by atoms with Gasteiger partial charge in [-0.05, 0) is 55.5 Å². The standard InChI is InChI=1S/C21H23N7O2S/c1-14-18-10-9-17(13-19(18)25-28(14)3)27(2)20-11-12-22-21(24-20)23-15-5-7-16(8-6-15)26-31(4,29)30/h5-13,26H,1-4H3,(H,22,23,24). The minimum Gasteiger partial charge on any atom is -0.329 e. The zero-order chi connectivity index (χ0) is 22.2. The van der Waals surface area contributed by atoms with Crippen LogP contribution >= 0.6 is 0 Å². The maximum Gasteiger partial charge on any atom is 0.229 e. The van der Waals surface area contributed by atoms with E-state index in [-0.39, 0.29) is 0 Å². The number of hydrogen-bond donors (Lipinski definition) is 2. The largest absolute Gasteiger partial charge is 0.329 e. The van der Waals surface area contributed by atoms with E-state index in [0.29, 0.717) is 11.6 Å². The summed E-state index contributed by atoms with van der Waals surface area (Å²) in [5.74, 6) is 1.16. The Hall–Kier alpha value is -3.66. The van der Waals surface area contributed by atoms with Crippen LogP contribution in [0.2, 0.25) is 0 Å². The van der Waals surface area contributed by atoms with Gasteiger partial charge in [0.2, 0.25) is 16.0 Å². The molecule has 0 bridgehead atoms. The molecule has 0 aliphatic heterocycles.